The summed E-state index contributed by atoms with van der Waals surface area (Å²) in [4.78, 5) is 8.40. The number of hydrogen-bond acceptors (Lipinski definition) is 3. The van der Waals surface area contributed by atoms with Crippen molar-refractivity contribution in [3.8, 4) is 11.4 Å². The van der Waals surface area contributed by atoms with Crippen LogP contribution in [0.1, 0.15) is 0 Å². The molecule has 2 aromatic rings. The highest BCUT2D eigenvalue weighted by Crippen LogP contribution is 2.22. The molecule has 1 N–H and O–H groups in total. The first kappa shape index (κ1) is 11.0. The largest absolute Gasteiger partial charge is 0.372 e. The van der Waals surface area contributed by atoms with E-state index in [1.807, 2.05) is 0 Å². The van der Waals surface area contributed by atoms with E-state index in [0.717, 1.165) is 4.47 Å². The fourth-order valence-corrected chi connectivity index (χ4v) is 1.70. The molecule has 0 saturated carbocycles. The Kier molecular flexibility index (Phi) is 3.14. The molecule has 0 aliphatic carbocycles. The lowest BCUT2D eigenvalue weighted by molar-refractivity contribution is 0.628. The molecule has 16 heavy (non-hydrogen) atoms. The predicted molar refractivity (Wildman–Crippen MR) is 64.7 cm³/mol. The van der Waals surface area contributed by atoms with Crippen LogP contribution in [-0.4, -0.2) is 17.0 Å². The van der Waals surface area contributed by atoms with Crippen LogP contribution >= 0.6 is 15.9 Å². The van der Waals surface area contributed by atoms with Gasteiger partial charge in [0, 0.05) is 18.8 Å². The zero-order chi connectivity index (χ0) is 11.5. The number of anilines is 1. The average Bonchev–Trinajstić information content (AvgIpc) is 2.29. The smallest absolute Gasteiger partial charge is 0.161 e. The van der Waals surface area contributed by atoms with E-state index < -0.39 is 0 Å². The van der Waals surface area contributed by atoms with Crippen LogP contribution in [-0.2, 0) is 0 Å². The van der Waals surface area contributed by atoms with Gasteiger partial charge in [-0.2, -0.15) is 0 Å². The molecule has 0 amide bonds. The number of halogens is 2. The number of nitrogens with zero attached hydrogens (tertiary/aromatic N) is 2. The van der Waals surface area contributed by atoms with E-state index in [2.05, 4.69) is 31.2 Å². The van der Waals surface area contributed by atoms with E-state index in [-0.39, 0.29) is 5.82 Å². The van der Waals surface area contributed by atoms with E-state index >= 15 is 0 Å². The Bertz CT molecular complexity index is 516. The van der Waals surface area contributed by atoms with Crippen molar-refractivity contribution < 1.29 is 4.39 Å². The molecule has 0 fully saturated rings. The van der Waals surface area contributed by atoms with Crippen LogP contribution in [0.5, 0.6) is 0 Å². The van der Waals surface area contributed by atoms with Gasteiger partial charge in [-0.3, -0.25) is 0 Å². The number of aromatic nitrogens is 2. The fourth-order valence-electron chi connectivity index (χ4n) is 1.31. The van der Waals surface area contributed by atoms with Crippen molar-refractivity contribution in [1.29, 1.82) is 0 Å². The highest BCUT2D eigenvalue weighted by Gasteiger charge is 2.06. The van der Waals surface area contributed by atoms with Gasteiger partial charge in [0.2, 0.25) is 0 Å². The van der Waals surface area contributed by atoms with Gasteiger partial charge < -0.3 is 5.32 Å². The average molecular weight is 282 g/mol. The second-order valence-corrected chi connectivity index (χ2v) is 4.00. The standard InChI is InChI=1S/C11H9BrFN3/c1-14-11-9(12)6-15-10(16-11)7-3-2-4-8(13)5-7/h2-6H,1H3,(H,14,15,16). The molecule has 0 spiro atoms. The van der Waals surface area contributed by atoms with Crippen LogP contribution in [0.25, 0.3) is 11.4 Å². The first-order valence-corrected chi connectivity index (χ1v) is 5.46. The SMILES string of the molecule is CNc1nc(-c2cccc(F)c2)ncc1Br. The third-order valence-electron chi connectivity index (χ3n) is 2.06. The topological polar surface area (TPSA) is 37.8 Å². The molecule has 0 aliphatic heterocycles. The zero-order valence-corrected chi connectivity index (χ0v) is 10.1. The lowest BCUT2D eigenvalue weighted by atomic mass is 10.2. The van der Waals surface area contributed by atoms with Gasteiger partial charge >= 0.3 is 0 Å². The van der Waals surface area contributed by atoms with Crippen LogP contribution in [0, 0.1) is 5.82 Å². The van der Waals surface area contributed by atoms with Gasteiger partial charge in [-0.15, -0.1) is 0 Å². The number of rotatable bonds is 2. The second kappa shape index (κ2) is 4.57. The van der Waals surface area contributed by atoms with Gasteiger partial charge in [0.05, 0.1) is 4.47 Å². The van der Waals surface area contributed by atoms with Crippen LogP contribution in [0.3, 0.4) is 0 Å². The summed E-state index contributed by atoms with van der Waals surface area (Å²) in [5, 5.41) is 2.93. The number of benzene rings is 1. The maximum absolute atomic E-state index is 13.0. The predicted octanol–water partition coefficient (Wildman–Crippen LogP) is 3.09. The highest BCUT2D eigenvalue weighted by atomic mass is 79.9. The van der Waals surface area contributed by atoms with Crippen molar-refractivity contribution in [3.63, 3.8) is 0 Å². The summed E-state index contributed by atoms with van der Waals surface area (Å²) in [6.07, 6.45) is 1.64. The molecule has 0 radical (unpaired) electrons. The van der Waals surface area contributed by atoms with Gasteiger partial charge in [0.25, 0.3) is 0 Å². The minimum atomic E-state index is -0.296. The Morgan fingerprint density at radius 1 is 1.38 bits per heavy atom. The molecule has 5 heteroatoms. The van der Waals surface area contributed by atoms with Gasteiger partial charge in [0.15, 0.2) is 5.82 Å². The van der Waals surface area contributed by atoms with Gasteiger partial charge in [-0.05, 0) is 28.1 Å². The van der Waals surface area contributed by atoms with Gasteiger partial charge in [0.1, 0.15) is 11.6 Å². The molecule has 2 rings (SSSR count). The highest BCUT2D eigenvalue weighted by molar-refractivity contribution is 9.10. The minimum Gasteiger partial charge on any atom is -0.372 e. The van der Waals surface area contributed by atoms with E-state index in [1.54, 1.807) is 25.4 Å². The summed E-state index contributed by atoms with van der Waals surface area (Å²) < 4.78 is 13.8. The summed E-state index contributed by atoms with van der Waals surface area (Å²) in [6.45, 7) is 0. The van der Waals surface area contributed by atoms with Crippen molar-refractivity contribution in [2.75, 3.05) is 12.4 Å². The molecule has 3 nitrogen and oxygen atoms in total. The maximum atomic E-state index is 13.0. The quantitative estimate of drug-likeness (QED) is 0.919. The van der Waals surface area contributed by atoms with E-state index in [0.29, 0.717) is 17.2 Å². The third kappa shape index (κ3) is 2.19. The second-order valence-electron chi connectivity index (χ2n) is 3.15. The Morgan fingerprint density at radius 2 is 2.19 bits per heavy atom. The molecule has 1 aromatic carbocycles. The Morgan fingerprint density at radius 3 is 2.88 bits per heavy atom. The van der Waals surface area contributed by atoms with Crippen molar-refractivity contribution in [2.45, 2.75) is 0 Å². The normalized spacial score (nSPS) is 10.2. The van der Waals surface area contributed by atoms with Gasteiger partial charge in [-0.25, -0.2) is 14.4 Å². The van der Waals surface area contributed by atoms with Crippen LogP contribution in [0.15, 0.2) is 34.9 Å². The number of nitrogens with one attached hydrogen (secondary N) is 1. The summed E-state index contributed by atoms with van der Waals surface area (Å²) in [5.41, 5.74) is 0.656. The van der Waals surface area contributed by atoms with Crippen LogP contribution in [0.4, 0.5) is 10.2 Å². The third-order valence-corrected chi connectivity index (χ3v) is 2.64. The molecule has 0 unspecified atom stereocenters. The molecule has 0 aliphatic rings. The molecule has 0 bridgehead atoms. The monoisotopic (exact) mass is 281 g/mol. The molecule has 82 valence electrons. The molecule has 1 heterocycles. The van der Waals surface area contributed by atoms with Gasteiger partial charge in [-0.1, -0.05) is 12.1 Å². The Labute approximate surface area is 101 Å². The molecule has 0 atom stereocenters. The van der Waals surface area contributed by atoms with Crippen molar-refractivity contribution in [2.24, 2.45) is 0 Å². The number of hydrogen-bond donors (Lipinski definition) is 1. The van der Waals surface area contributed by atoms with Crippen LogP contribution < -0.4 is 5.32 Å². The first-order valence-electron chi connectivity index (χ1n) is 4.67. The molecule has 0 saturated heterocycles. The van der Waals surface area contributed by atoms with E-state index in [9.17, 15) is 4.39 Å². The Hall–Kier alpha value is -1.49. The van der Waals surface area contributed by atoms with E-state index in [1.165, 1.54) is 12.1 Å². The van der Waals surface area contributed by atoms with Crippen molar-refractivity contribution in [3.05, 3.63) is 40.8 Å². The Balaban J connectivity index is 2.48. The van der Waals surface area contributed by atoms with Crippen LogP contribution in [0.2, 0.25) is 0 Å². The zero-order valence-electron chi connectivity index (χ0n) is 8.54. The minimum absolute atomic E-state index is 0.296. The van der Waals surface area contributed by atoms with Crippen molar-refractivity contribution in [1.82, 2.24) is 9.97 Å². The molecular formula is C11H9BrFN3. The summed E-state index contributed by atoms with van der Waals surface area (Å²) >= 11 is 3.32. The lowest BCUT2D eigenvalue weighted by Gasteiger charge is -2.05. The maximum Gasteiger partial charge on any atom is 0.161 e. The summed E-state index contributed by atoms with van der Waals surface area (Å²) in [6, 6.07) is 6.20. The lowest BCUT2D eigenvalue weighted by Crippen LogP contribution is -1.97. The first-order chi connectivity index (χ1) is 7.70. The summed E-state index contributed by atoms with van der Waals surface area (Å²) in [7, 11) is 1.77. The van der Waals surface area contributed by atoms with Crippen molar-refractivity contribution >= 4 is 21.7 Å². The molecular weight excluding hydrogens is 273 g/mol. The fraction of sp³-hybridized carbons (Fsp3) is 0.0909. The molecule has 1 aromatic heterocycles. The van der Waals surface area contributed by atoms with E-state index in [4.69, 9.17) is 0 Å². The summed E-state index contributed by atoms with van der Waals surface area (Å²) in [5.74, 6) is 0.872.